The van der Waals surface area contributed by atoms with E-state index in [2.05, 4.69) is 31.4 Å². The highest BCUT2D eigenvalue weighted by molar-refractivity contribution is 5.91. The van der Waals surface area contributed by atoms with Crippen LogP contribution >= 0.6 is 0 Å². The fourth-order valence-electron chi connectivity index (χ4n) is 4.95. The molecule has 1 amide bonds. The molecule has 7 nitrogen and oxygen atoms in total. The summed E-state index contributed by atoms with van der Waals surface area (Å²) >= 11 is 0. The van der Waals surface area contributed by atoms with E-state index in [9.17, 15) is 14.7 Å². The van der Waals surface area contributed by atoms with Crippen LogP contribution in [0.5, 0.6) is 5.75 Å². The number of ether oxygens (including phenoxy) is 1. The van der Waals surface area contributed by atoms with Crippen molar-refractivity contribution in [2.45, 2.75) is 59.2 Å². The third-order valence-electron chi connectivity index (χ3n) is 6.71. The van der Waals surface area contributed by atoms with Gasteiger partial charge in [0.2, 0.25) is 5.91 Å². The first kappa shape index (κ1) is 25.6. The van der Waals surface area contributed by atoms with E-state index in [-0.39, 0.29) is 36.5 Å². The molecule has 2 aromatic carbocycles. The second-order valence-corrected chi connectivity index (χ2v) is 9.52. The average Bonchev–Trinajstić information content (AvgIpc) is 2.81. The van der Waals surface area contributed by atoms with Crippen LogP contribution in [-0.2, 0) is 22.6 Å². The molecule has 1 fully saturated rings. The minimum absolute atomic E-state index is 0.0825. The summed E-state index contributed by atoms with van der Waals surface area (Å²) in [5, 5.41) is 25.3. The van der Waals surface area contributed by atoms with Gasteiger partial charge in [-0.2, -0.15) is 0 Å². The lowest BCUT2D eigenvalue weighted by Crippen LogP contribution is -2.39. The summed E-state index contributed by atoms with van der Waals surface area (Å²) in [5.41, 5.74) is 2.17. The fraction of sp³-hybridized carbons (Fsp3) is 0.481. The van der Waals surface area contributed by atoms with Gasteiger partial charge in [0.05, 0.1) is 6.10 Å². The SMILES string of the molecule is CC(C)C1C(C)CCCC1OCC(=O)NCc1ccc(NCc2cccc(C(=O)O)c2O)cc1. The minimum Gasteiger partial charge on any atom is -0.507 e. The van der Waals surface area contributed by atoms with Crippen molar-refractivity contribution in [3.63, 3.8) is 0 Å². The van der Waals surface area contributed by atoms with Crippen LogP contribution in [0.3, 0.4) is 0 Å². The molecule has 0 aromatic heterocycles. The molecule has 0 saturated heterocycles. The van der Waals surface area contributed by atoms with Gasteiger partial charge in [0, 0.05) is 24.3 Å². The van der Waals surface area contributed by atoms with Crippen molar-refractivity contribution in [1.29, 1.82) is 0 Å². The molecule has 3 rings (SSSR count). The van der Waals surface area contributed by atoms with Gasteiger partial charge in [-0.05, 0) is 47.9 Å². The number of nitrogens with one attached hydrogen (secondary N) is 2. The summed E-state index contributed by atoms with van der Waals surface area (Å²) < 4.78 is 6.02. The molecule has 0 aliphatic heterocycles. The summed E-state index contributed by atoms with van der Waals surface area (Å²) in [7, 11) is 0. The number of para-hydroxylation sites is 1. The predicted octanol–water partition coefficient (Wildman–Crippen LogP) is 4.80. The normalized spacial score (nSPS) is 20.2. The van der Waals surface area contributed by atoms with E-state index in [1.54, 1.807) is 12.1 Å². The molecule has 1 saturated carbocycles. The maximum absolute atomic E-state index is 12.3. The van der Waals surface area contributed by atoms with Crippen molar-refractivity contribution < 1.29 is 24.5 Å². The number of phenols is 1. The van der Waals surface area contributed by atoms with Gasteiger partial charge in [-0.25, -0.2) is 4.79 Å². The standard InChI is InChI=1S/C27H36N2O5/c1-17(2)25-18(3)6-4-9-23(25)34-16-24(30)29-14-19-10-12-21(13-11-19)28-15-20-7-5-8-22(26(20)31)27(32)33/h5,7-8,10-13,17-18,23,25,28,31H,4,6,9,14-16H2,1-3H3,(H,29,30)(H,32,33). The number of carbonyl (C=O) groups excluding carboxylic acids is 1. The highest BCUT2D eigenvalue weighted by Gasteiger charge is 2.33. The molecule has 0 heterocycles. The van der Waals surface area contributed by atoms with E-state index in [1.807, 2.05) is 24.3 Å². The second-order valence-electron chi connectivity index (χ2n) is 9.52. The summed E-state index contributed by atoms with van der Waals surface area (Å²) in [6.45, 7) is 7.54. The van der Waals surface area contributed by atoms with Crippen LogP contribution in [0.4, 0.5) is 5.69 Å². The number of hydrogen-bond acceptors (Lipinski definition) is 5. The van der Waals surface area contributed by atoms with Gasteiger partial charge >= 0.3 is 5.97 Å². The van der Waals surface area contributed by atoms with Crippen molar-refractivity contribution in [2.24, 2.45) is 17.8 Å². The van der Waals surface area contributed by atoms with Gasteiger partial charge in [-0.3, -0.25) is 4.79 Å². The summed E-state index contributed by atoms with van der Waals surface area (Å²) in [4.78, 5) is 23.5. The zero-order valence-corrected chi connectivity index (χ0v) is 20.2. The zero-order valence-electron chi connectivity index (χ0n) is 20.2. The quantitative estimate of drug-likeness (QED) is 0.399. The molecule has 0 radical (unpaired) electrons. The Morgan fingerprint density at radius 3 is 2.50 bits per heavy atom. The predicted molar refractivity (Wildman–Crippen MR) is 132 cm³/mol. The Hall–Kier alpha value is -3.06. The number of amides is 1. The van der Waals surface area contributed by atoms with Gasteiger partial charge in [0.15, 0.2) is 0 Å². The van der Waals surface area contributed by atoms with Gasteiger partial charge < -0.3 is 25.6 Å². The van der Waals surface area contributed by atoms with Crippen LogP contribution in [0.1, 0.15) is 61.5 Å². The third-order valence-corrected chi connectivity index (χ3v) is 6.71. The largest absolute Gasteiger partial charge is 0.507 e. The van der Waals surface area contributed by atoms with Gasteiger partial charge in [-0.15, -0.1) is 0 Å². The summed E-state index contributed by atoms with van der Waals surface area (Å²) in [5.74, 6) is 0.155. The van der Waals surface area contributed by atoms with Gasteiger partial charge in [-0.1, -0.05) is 57.9 Å². The molecule has 3 atom stereocenters. The minimum atomic E-state index is -1.16. The van der Waals surface area contributed by atoms with Crippen molar-refractivity contribution in [1.82, 2.24) is 5.32 Å². The molecule has 0 bridgehead atoms. The average molecular weight is 469 g/mol. The number of rotatable bonds is 10. The Bertz CT molecular complexity index is 973. The molecular formula is C27H36N2O5. The van der Waals surface area contributed by atoms with Crippen LogP contribution < -0.4 is 10.6 Å². The second kappa shape index (κ2) is 11.9. The van der Waals surface area contributed by atoms with Crippen molar-refractivity contribution in [3.8, 4) is 5.75 Å². The van der Waals surface area contributed by atoms with E-state index < -0.39 is 5.97 Å². The lowest BCUT2D eigenvalue weighted by Gasteiger charge is -2.38. The lowest BCUT2D eigenvalue weighted by molar-refractivity contribution is -0.132. The summed E-state index contributed by atoms with van der Waals surface area (Å²) in [6.07, 6.45) is 3.56. The number of aromatic carboxylic acids is 1. The first-order valence-electron chi connectivity index (χ1n) is 12.0. The number of benzene rings is 2. The Balaban J connectivity index is 1.44. The maximum atomic E-state index is 12.3. The third kappa shape index (κ3) is 6.73. The topological polar surface area (TPSA) is 108 Å². The number of carboxylic acid groups (broad SMARTS) is 1. The maximum Gasteiger partial charge on any atom is 0.339 e. The molecule has 0 spiro atoms. The van der Waals surface area contributed by atoms with E-state index in [0.29, 0.717) is 29.9 Å². The Morgan fingerprint density at radius 2 is 1.82 bits per heavy atom. The Labute approximate surface area is 201 Å². The molecule has 184 valence electrons. The summed E-state index contributed by atoms with van der Waals surface area (Å²) in [6, 6.07) is 12.2. The number of aromatic hydroxyl groups is 1. The van der Waals surface area contributed by atoms with E-state index >= 15 is 0 Å². The van der Waals surface area contributed by atoms with Crippen LogP contribution in [0.25, 0.3) is 0 Å². The molecular weight excluding hydrogens is 432 g/mol. The first-order valence-corrected chi connectivity index (χ1v) is 12.0. The lowest BCUT2D eigenvalue weighted by atomic mass is 9.72. The molecule has 3 unspecified atom stereocenters. The van der Waals surface area contributed by atoms with Crippen molar-refractivity contribution in [3.05, 3.63) is 59.2 Å². The Morgan fingerprint density at radius 1 is 1.09 bits per heavy atom. The highest BCUT2D eigenvalue weighted by atomic mass is 16.5. The highest BCUT2D eigenvalue weighted by Crippen LogP contribution is 2.36. The van der Waals surface area contributed by atoms with E-state index in [1.165, 1.54) is 12.5 Å². The van der Waals surface area contributed by atoms with Crippen LogP contribution in [0.15, 0.2) is 42.5 Å². The number of carbonyl (C=O) groups is 2. The molecule has 7 heteroatoms. The molecule has 34 heavy (non-hydrogen) atoms. The zero-order chi connectivity index (χ0) is 24.7. The monoisotopic (exact) mass is 468 g/mol. The first-order chi connectivity index (χ1) is 16.3. The van der Waals surface area contributed by atoms with E-state index in [4.69, 9.17) is 9.84 Å². The molecule has 1 aliphatic carbocycles. The molecule has 4 N–H and O–H groups in total. The van der Waals surface area contributed by atoms with Gasteiger partial charge in [0.25, 0.3) is 0 Å². The van der Waals surface area contributed by atoms with Crippen LogP contribution in [0, 0.1) is 17.8 Å². The Kier molecular flexibility index (Phi) is 8.93. The van der Waals surface area contributed by atoms with Crippen LogP contribution in [0.2, 0.25) is 0 Å². The van der Waals surface area contributed by atoms with E-state index in [0.717, 1.165) is 24.1 Å². The number of carboxylic acids is 1. The molecule has 2 aromatic rings. The van der Waals surface area contributed by atoms with Gasteiger partial charge in [0.1, 0.15) is 17.9 Å². The number of anilines is 1. The number of hydrogen-bond donors (Lipinski definition) is 4. The fourth-order valence-corrected chi connectivity index (χ4v) is 4.95. The van der Waals surface area contributed by atoms with Crippen LogP contribution in [-0.4, -0.2) is 34.8 Å². The van der Waals surface area contributed by atoms with Crippen molar-refractivity contribution >= 4 is 17.6 Å². The molecule has 1 aliphatic rings. The van der Waals surface area contributed by atoms with Crippen molar-refractivity contribution in [2.75, 3.05) is 11.9 Å². The smallest absolute Gasteiger partial charge is 0.339 e.